The molecule has 5 nitrogen and oxygen atoms in total. The summed E-state index contributed by atoms with van der Waals surface area (Å²) in [5.41, 5.74) is 0. The van der Waals surface area contributed by atoms with E-state index in [9.17, 15) is 9.59 Å². The lowest BCUT2D eigenvalue weighted by Crippen LogP contribution is -2.40. The van der Waals surface area contributed by atoms with E-state index < -0.39 is 11.9 Å². The summed E-state index contributed by atoms with van der Waals surface area (Å²) >= 11 is 0. The highest BCUT2D eigenvalue weighted by atomic mass is 16.5. The van der Waals surface area contributed by atoms with Gasteiger partial charge in [-0.25, -0.2) is 0 Å². The van der Waals surface area contributed by atoms with Crippen molar-refractivity contribution in [3.63, 3.8) is 0 Å². The summed E-state index contributed by atoms with van der Waals surface area (Å²) in [6.07, 6.45) is 5.18. The SMILES string of the molecule is CC(C)OCCCCNC(=O)C1CCCCC1C(=O)O. The monoisotopic (exact) mass is 285 g/mol. The molecule has 1 saturated carbocycles. The summed E-state index contributed by atoms with van der Waals surface area (Å²) in [6.45, 7) is 5.30. The molecule has 0 heterocycles. The molecule has 0 aliphatic heterocycles. The Balaban J connectivity index is 2.22. The lowest BCUT2D eigenvalue weighted by Gasteiger charge is -2.27. The van der Waals surface area contributed by atoms with Gasteiger partial charge in [0.2, 0.25) is 5.91 Å². The highest BCUT2D eigenvalue weighted by molar-refractivity contribution is 5.84. The minimum atomic E-state index is -0.838. The maximum absolute atomic E-state index is 12.0. The molecule has 1 aliphatic carbocycles. The van der Waals surface area contributed by atoms with Crippen molar-refractivity contribution in [1.82, 2.24) is 5.32 Å². The van der Waals surface area contributed by atoms with Gasteiger partial charge in [-0.1, -0.05) is 12.8 Å². The Morgan fingerprint density at radius 3 is 2.45 bits per heavy atom. The normalized spacial score (nSPS) is 22.8. The van der Waals surface area contributed by atoms with E-state index in [1.165, 1.54) is 0 Å². The fourth-order valence-electron chi connectivity index (χ4n) is 2.63. The molecule has 0 bridgehead atoms. The smallest absolute Gasteiger partial charge is 0.307 e. The molecule has 20 heavy (non-hydrogen) atoms. The molecule has 0 aromatic heterocycles. The maximum atomic E-state index is 12.0. The molecule has 1 aliphatic rings. The number of aliphatic carboxylic acids is 1. The molecule has 0 aromatic carbocycles. The second kappa shape index (κ2) is 8.95. The van der Waals surface area contributed by atoms with Crippen LogP contribution in [0.2, 0.25) is 0 Å². The number of hydrogen-bond acceptors (Lipinski definition) is 3. The average molecular weight is 285 g/mol. The number of carbonyl (C=O) groups is 2. The van der Waals surface area contributed by atoms with Crippen molar-refractivity contribution in [1.29, 1.82) is 0 Å². The van der Waals surface area contributed by atoms with Gasteiger partial charge in [0.05, 0.1) is 17.9 Å². The van der Waals surface area contributed by atoms with Gasteiger partial charge in [0, 0.05) is 13.2 Å². The Bertz CT molecular complexity index is 317. The zero-order valence-corrected chi connectivity index (χ0v) is 12.6. The molecule has 116 valence electrons. The first-order valence-electron chi connectivity index (χ1n) is 7.64. The predicted octanol–water partition coefficient (Wildman–Crippen LogP) is 2.20. The van der Waals surface area contributed by atoms with Crippen LogP contribution in [0.15, 0.2) is 0 Å². The van der Waals surface area contributed by atoms with Crippen molar-refractivity contribution >= 4 is 11.9 Å². The van der Waals surface area contributed by atoms with Crippen molar-refractivity contribution < 1.29 is 19.4 Å². The molecule has 0 saturated heterocycles. The van der Waals surface area contributed by atoms with Gasteiger partial charge in [-0.15, -0.1) is 0 Å². The van der Waals surface area contributed by atoms with Crippen LogP contribution in [-0.2, 0) is 14.3 Å². The summed E-state index contributed by atoms with van der Waals surface area (Å²) in [4.78, 5) is 23.2. The van der Waals surface area contributed by atoms with E-state index in [0.29, 0.717) is 26.0 Å². The number of hydrogen-bond donors (Lipinski definition) is 2. The van der Waals surface area contributed by atoms with Gasteiger partial charge >= 0.3 is 5.97 Å². The second-order valence-electron chi connectivity index (χ2n) is 5.75. The Morgan fingerprint density at radius 1 is 1.20 bits per heavy atom. The van der Waals surface area contributed by atoms with Gasteiger partial charge in [0.15, 0.2) is 0 Å². The first kappa shape index (κ1) is 17.0. The molecule has 1 rings (SSSR count). The molecular formula is C15H27NO4. The van der Waals surface area contributed by atoms with Crippen LogP contribution in [0.4, 0.5) is 0 Å². The zero-order chi connectivity index (χ0) is 15.0. The molecule has 0 radical (unpaired) electrons. The van der Waals surface area contributed by atoms with Crippen LogP contribution in [0.1, 0.15) is 52.4 Å². The molecular weight excluding hydrogens is 258 g/mol. The number of rotatable bonds is 8. The van der Waals surface area contributed by atoms with Crippen molar-refractivity contribution in [2.75, 3.05) is 13.2 Å². The van der Waals surface area contributed by atoms with Gasteiger partial charge in [0.25, 0.3) is 0 Å². The van der Waals surface area contributed by atoms with E-state index in [1.54, 1.807) is 0 Å². The average Bonchev–Trinajstić information content (AvgIpc) is 2.42. The molecule has 5 heteroatoms. The number of carboxylic acid groups (broad SMARTS) is 1. The second-order valence-corrected chi connectivity index (χ2v) is 5.75. The van der Waals surface area contributed by atoms with Gasteiger partial charge in [-0.2, -0.15) is 0 Å². The van der Waals surface area contributed by atoms with E-state index in [0.717, 1.165) is 25.7 Å². The molecule has 2 N–H and O–H groups in total. The van der Waals surface area contributed by atoms with E-state index >= 15 is 0 Å². The quantitative estimate of drug-likeness (QED) is 0.670. The number of unbranched alkanes of at least 4 members (excludes halogenated alkanes) is 1. The minimum Gasteiger partial charge on any atom is -0.481 e. The van der Waals surface area contributed by atoms with Gasteiger partial charge in [-0.3, -0.25) is 9.59 Å². The molecule has 2 unspecified atom stereocenters. The molecule has 2 atom stereocenters. The standard InChI is InChI=1S/C15H27NO4/c1-11(2)20-10-6-5-9-16-14(17)12-7-3-4-8-13(12)15(18)19/h11-13H,3-10H2,1-2H3,(H,16,17)(H,18,19). The first-order chi connectivity index (χ1) is 9.52. The molecule has 0 aromatic rings. The Hall–Kier alpha value is -1.10. The molecule has 1 fully saturated rings. The number of carboxylic acids is 1. The summed E-state index contributed by atoms with van der Waals surface area (Å²) in [5, 5.41) is 12.0. The summed E-state index contributed by atoms with van der Waals surface area (Å²) in [7, 11) is 0. The zero-order valence-electron chi connectivity index (χ0n) is 12.6. The summed E-state index contributed by atoms with van der Waals surface area (Å²) < 4.78 is 5.42. The van der Waals surface area contributed by atoms with Crippen molar-refractivity contribution in [2.24, 2.45) is 11.8 Å². The maximum Gasteiger partial charge on any atom is 0.307 e. The highest BCUT2D eigenvalue weighted by Crippen LogP contribution is 2.30. The van der Waals surface area contributed by atoms with Gasteiger partial charge < -0.3 is 15.2 Å². The summed E-state index contributed by atoms with van der Waals surface area (Å²) in [5.74, 6) is -1.79. The lowest BCUT2D eigenvalue weighted by atomic mass is 9.78. The largest absolute Gasteiger partial charge is 0.481 e. The number of nitrogens with one attached hydrogen (secondary N) is 1. The van der Waals surface area contributed by atoms with Crippen LogP contribution in [0.3, 0.4) is 0 Å². The predicted molar refractivity (Wildman–Crippen MR) is 76.4 cm³/mol. The molecule has 0 spiro atoms. The van der Waals surface area contributed by atoms with Crippen LogP contribution in [0.25, 0.3) is 0 Å². The van der Waals surface area contributed by atoms with Crippen LogP contribution >= 0.6 is 0 Å². The van der Waals surface area contributed by atoms with E-state index in [4.69, 9.17) is 9.84 Å². The minimum absolute atomic E-state index is 0.0955. The third-order valence-corrected chi connectivity index (χ3v) is 3.74. The third-order valence-electron chi connectivity index (χ3n) is 3.74. The van der Waals surface area contributed by atoms with Crippen LogP contribution in [0, 0.1) is 11.8 Å². The third kappa shape index (κ3) is 5.90. The fraction of sp³-hybridized carbons (Fsp3) is 0.867. The van der Waals surface area contributed by atoms with Crippen LogP contribution < -0.4 is 5.32 Å². The Morgan fingerprint density at radius 2 is 1.85 bits per heavy atom. The first-order valence-corrected chi connectivity index (χ1v) is 7.64. The van der Waals surface area contributed by atoms with E-state index in [-0.39, 0.29) is 17.9 Å². The van der Waals surface area contributed by atoms with E-state index in [1.807, 2.05) is 13.8 Å². The van der Waals surface area contributed by atoms with Crippen LogP contribution in [-0.4, -0.2) is 36.2 Å². The number of amides is 1. The Kier molecular flexibility index (Phi) is 7.59. The topological polar surface area (TPSA) is 75.6 Å². The fourth-order valence-corrected chi connectivity index (χ4v) is 2.63. The van der Waals surface area contributed by atoms with Crippen molar-refractivity contribution in [3.8, 4) is 0 Å². The highest BCUT2D eigenvalue weighted by Gasteiger charge is 2.35. The number of carbonyl (C=O) groups excluding carboxylic acids is 1. The van der Waals surface area contributed by atoms with Crippen molar-refractivity contribution in [3.05, 3.63) is 0 Å². The van der Waals surface area contributed by atoms with Crippen molar-refractivity contribution in [2.45, 2.75) is 58.5 Å². The Labute approximate surface area is 121 Å². The summed E-state index contributed by atoms with van der Waals surface area (Å²) in [6, 6.07) is 0. The lowest BCUT2D eigenvalue weighted by molar-refractivity contribution is -0.148. The van der Waals surface area contributed by atoms with Gasteiger partial charge in [-0.05, 0) is 39.5 Å². The van der Waals surface area contributed by atoms with E-state index in [2.05, 4.69) is 5.32 Å². The molecule has 1 amide bonds. The van der Waals surface area contributed by atoms with Gasteiger partial charge in [0.1, 0.15) is 0 Å². The van der Waals surface area contributed by atoms with Crippen LogP contribution in [0.5, 0.6) is 0 Å². The number of ether oxygens (including phenoxy) is 1.